The van der Waals surface area contributed by atoms with E-state index in [1.54, 1.807) is 0 Å². The Morgan fingerprint density at radius 2 is 2.19 bits per heavy atom. The first kappa shape index (κ1) is 18.2. The standard InChI is InChI=1S/C15H31N3O3/c1-11-13(7-9-20-11)18(5)12(10-16)6-8-17-14(19)21-15(2,3)4/h11-13H,6-10,16H2,1-5H3,(H,17,19). The van der Waals surface area contributed by atoms with Crippen LogP contribution in [0.25, 0.3) is 0 Å². The van der Waals surface area contributed by atoms with Crippen LogP contribution in [-0.4, -0.2) is 61.5 Å². The van der Waals surface area contributed by atoms with Gasteiger partial charge in [0.25, 0.3) is 0 Å². The van der Waals surface area contributed by atoms with Crippen LogP contribution in [0, 0.1) is 0 Å². The first-order chi connectivity index (χ1) is 9.74. The molecule has 21 heavy (non-hydrogen) atoms. The van der Waals surface area contributed by atoms with Crippen LogP contribution in [0.2, 0.25) is 0 Å². The van der Waals surface area contributed by atoms with Crippen molar-refractivity contribution >= 4 is 6.09 Å². The van der Waals surface area contributed by atoms with Crippen LogP contribution in [-0.2, 0) is 9.47 Å². The average Bonchev–Trinajstić information content (AvgIpc) is 2.78. The second-order valence-electron chi connectivity index (χ2n) is 6.70. The summed E-state index contributed by atoms with van der Waals surface area (Å²) in [6, 6.07) is 0.633. The lowest BCUT2D eigenvalue weighted by Gasteiger charge is -2.34. The fourth-order valence-electron chi connectivity index (χ4n) is 2.67. The quantitative estimate of drug-likeness (QED) is 0.774. The van der Waals surface area contributed by atoms with Gasteiger partial charge < -0.3 is 20.5 Å². The van der Waals surface area contributed by atoms with Gasteiger partial charge in [-0.05, 0) is 47.6 Å². The Balaban J connectivity index is 2.35. The molecular formula is C15H31N3O3. The highest BCUT2D eigenvalue weighted by molar-refractivity contribution is 5.67. The van der Waals surface area contributed by atoms with Gasteiger partial charge >= 0.3 is 6.09 Å². The molecule has 0 bridgehead atoms. The van der Waals surface area contributed by atoms with E-state index < -0.39 is 5.60 Å². The zero-order chi connectivity index (χ0) is 16.0. The van der Waals surface area contributed by atoms with Crippen molar-refractivity contribution in [2.24, 2.45) is 5.73 Å². The average molecular weight is 301 g/mol. The number of nitrogens with one attached hydrogen (secondary N) is 1. The fraction of sp³-hybridized carbons (Fsp3) is 0.933. The molecule has 0 aromatic rings. The van der Waals surface area contributed by atoms with Crippen LogP contribution < -0.4 is 11.1 Å². The van der Waals surface area contributed by atoms with Crippen LogP contribution in [0.15, 0.2) is 0 Å². The number of ether oxygens (including phenoxy) is 2. The molecule has 3 atom stereocenters. The Hall–Kier alpha value is -0.850. The Bertz CT molecular complexity index is 331. The lowest BCUT2D eigenvalue weighted by Crippen LogP contribution is -2.48. The molecule has 0 aromatic heterocycles. The molecule has 1 rings (SSSR count). The van der Waals surface area contributed by atoms with Crippen LogP contribution in [0.5, 0.6) is 0 Å². The molecule has 0 spiro atoms. The van der Waals surface area contributed by atoms with Gasteiger partial charge in [-0.25, -0.2) is 4.79 Å². The number of likely N-dealkylation sites (N-methyl/N-ethyl adjacent to an activating group) is 1. The van der Waals surface area contributed by atoms with Gasteiger partial charge in [0, 0.05) is 31.8 Å². The summed E-state index contributed by atoms with van der Waals surface area (Å²) in [6.07, 6.45) is 1.70. The Kier molecular flexibility index (Phi) is 6.90. The van der Waals surface area contributed by atoms with Gasteiger partial charge in [-0.15, -0.1) is 0 Å². The highest BCUT2D eigenvalue weighted by atomic mass is 16.6. The molecule has 6 heteroatoms. The van der Waals surface area contributed by atoms with Crippen LogP contribution >= 0.6 is 0 Å². The lowest BCUT2D eigenvalue weighted by atomic mass is 10.1. The number of amides is 1. The van der Waals surface area contributed by atoms with E-state index in [1.807, 2.05) is 20.8 Å². The predicted molar refractivity (Wildman–Crippen MR) is 83.3 cm³/mol. The molecule has 0 aliphatic carbocycles. The van der Waals surface area contributed by atoms with Gasteiger partial charge in [-0.2, -0.15) is 0 Å². The molecule has 1 fully saturated rings. The van der Waals surface area contributed by atoms with Crippen LogP contribution in [0.4, 0.5) is 4.79 Å². The van der Waals surface area contributed by atoms with Crippen molar-refractivity contribution in [3.63, 3.8) is 0 Å². The summed E-state index contributed by atoms with van der Waals surface area (Å²) in [4.78, 5) is 13.9. The number of nitrogens with zero attached hydrogens (tertiary/aromatic N) is 1. The third kappa shape index (κ3) is 6.20. The lowest BCUT2D eigenvalue weighted by molar-refractivity contribution is 0.0506. The van der Waals surface area contributed by atoms with Crippen molar-refractivity contribution in [2.45, 2.75) is 64.3 Å². The number of carbonyl (C=O) groups is 1. The molecular weight excluding hydrogens is 270 g/mol. The first-order valence-corrected chi connectivity index (χ1v) is 7.75. The van der Waals surface area contributed by atoms with E-state index in [0.717, 1.165) is 19.4 Å². The molecule has 3 N–H and O–H groups in total. The SMILES string of the molecule is CC1OCCC1N(C)C(CN)CCNC(=O)OC(C)(C)C. The van der Waals surface area contributed by atoms with Gasteiger partial charge in [-0.1, -0.05) is 0 Å². The van der Waals surface area contributed by atoms with Gasteiger partial charge in [0.15, 0.2) is 0 Å². The monoisotopic (exact) mass is 301 g/mol. The predicted octanol–water partition coefficient (Wildman–Crippen LogP) is 1.34. The Morgan fingerprint density at radius 1 is 1.52 bits per heavy atom. The van der Waals surface area contributed by atoms with Crippen molar-refractivity contribution in [3.8, 4) is 0 Å². The van der Waals surface area contributed by atoms with Crippen molar-refractivity contribution in [2.75, 3.05) is 26.7 Å². The van der Waals surface area contributed by atoms with Gasteiger partial charge in [0.2, 0.25) is 0 Å². The molecule has 3 unspecified atom stereocenters. The van der Waals surface area contributed by atoms with E-state index in [-0.39, 0.29) is 18.2 Å². The molecule has 0 saturated carbocycles. The number of hydrogen-bond donors (Lipinski definition) is 2. The zero-order valence-electron chi connectivity index (χ0n) is 14.0. The summed E-state index contributed by atoms with van der Waals surface area (Å²) in [6.45, 7) is 9.59. The van der Waals surface area contributed by atoms with E-state index in [4.69, 9.17) is 15.2 Å². The molecule has 1 heterocycles. The van der Waals surface area contributed by atoms with Crippen LogP contribution in [0.1, 0.15) is 40.5 Å². The maximum absolute atomic E-state index is 11.6. The maximum Gasteiger partial charge on any atom is 0.407 e. The van der Waals surface area contributed by atoms with Gasteiger partial charge in [0.05, 0.1) is 6.10 Å². The molecule has 1 aliphatic heterocycles. The Morgan fingerprint density at radius 3 is 2.67 bits per heavy atom. The van der Waals surface area contributed by atoms with Crippen molar-refractivity contribution in [1.29, 1.82) is 0 Å². The topological polar surface area (TPSA) is 76.8 Å². The van der Waals surface area contributed by atoms with Crippen LogP contribution in [0.3, 0.4) is 0 Å². The van der Waals surface area contributed by atoms with E-state index in [9.17, 15) is 4.79 Å². The summed E-state index contributed by atoms with van der Waals surface area (Å²) in [5.74, 6) is 0. The summed E-state index contributed by atoms with van der Waals surface area (Å²) in [5.41, 5.74) is 5.41. The number of hydrogen-bond acceptors (Lipinski definition) is 5. The smallest absolute Gasteiger partial charge is 0.407 e. The molecule has 1 aliphatic rings. The fourth-order valence-corrected chi connectivity index (χ4v) is 2.67. The second kappa shape index (κ2) is 7.96. The minimum atomic E-state index is -0.467. The van der Waals surface area contributed by atoms with Gasteiger partial charge in [0.1, 0.15) is 5.60 Å². The highest BCUT2D eigenvalue weighted by Gasteiger charge is 2.31. The highest BCUT2D eigenvalue weighted by Crippen LogP contribution is 2.20. The summed E-state index contributed by atoms with van der Waals surface area (Å²) in [7, 11) is 2.08. The molecule has 0 radical (unpaired) electrons. The largest absolute Gasteiger partial charge is 0.444 e. The zero-order valence-corrected chi connectivity index (χ0v) is 14.0. The van der Waals surface area contributed by atoms with E-state index >= 15 is 0 Å². The number of rotatable bonds is 6. The van der Waals surface area contributed by atoms with Crippen molar-refractivity contribution in [3.05, 3.63) is 0 Å². The number of nitrogens with two attached hydrogens (primary N) is 1. The summed E-state index contributed by atoms with van der Waals surface area (Å²) >= 11 is 0. The Labute approximate surface area is 128 Å². The van der Waals surface area contributed by atoms with Gasteiger partial charge in [-0.3, -0.25) is 4.90 Å². The minimum Gasteiger partial charge on any atom is -0.444 e. The van der Waals surface area contributed by atoms with E-state index in [2.05, 4.69) is 24.2 Å². The molecule has 1 amide bonds. The molecule has 124 valence electrons. The maximum atomic E-state index is 11.6. The number of alkyl carbamates (subject to hydrolysis) is 1. The first-order valence-electron chi connectivity index (χ1n) is 7.75. The van der Waals surface area contributed by atoms with E-state index in [1.165, 1.54) is 0 Å². The number of carbonyl (C=O) groups excluding carboxylic acids is 1. The third-order valence-electron chi connectivity index (χ3n) is 3.85. The van der Waals surface area contributed by atoms with Crippen molar-refractivity contribution < 1.29 is 14.3 Å². The third-order valence-corrected chi connectivity index (χ3v) is 3.85. The summed E-state index contributed by atoms with van der Waals surface area (Å²) < 4.78 is 10.8. The molecule has 6 nitrogen and oxygen atoms in total. The molecule has 0 aromatic carbocycles. The van der Waals surface area contributed by atoms with E-state index in [0.29, 0.717) is 19.1 Å². The van der Waals surface area contributed by atoms with Crippen molar-refractivity contribution in [1.82, 2.24) is 10.2 Å². The normalized spacial score (nSPS) is 24.1. The summed E-state index contributed by atoms with van der Waals surface area (Å²) in [5, 5.41) is 2.79. The second-order valence-corrected chi connectivity index (χ2v) is 6.70. The molecule has 1 saturated heterocycles. The minimum absolute atomic E-state index is 0.231.